The molecule has 0 amide bonds. The van der Waals surface area contributed by atoms with Gasteiger partial charge in [-0.2, -0.15) is 4.98 Å². The molecule has 0 atom stereocenters. The number of rotatable bonds is 2. The van der Waals surface area contributed by atoms with E-state index in [1.807, 2.05) is 25.1 Å². The van der Waals surface area contributed by atoms with Crippen LogP contribution >= 0.6 is 15.9 Å². The lowest BCUT2D eigenvalue weighted by atomic mass is 10.1. The largest absolute Gasteiger partial charge is 0.382 e. The zero-order valence-corrected chi connectivity index (χ0v) is 12.1. The Balaban J connectivity index is 2.02. The summed E-state index contributed by atoms with van der Waals surface area (Å²) in [5.41, 5.74) is 8.10. The number of nitrogens with two attached hydrogens (primary N) is 1. The minimum absolute atomic E-state index is 0.252. The molecule has 0 aliphatic rings. The van der Waals surface area contributed by atoms with E-state index in [2.05, 4.69) is 36.0 Å². The fourth-order valence-corrected chi connectivity index (χ4v) is 2.06. The highest BCUT2D eigenvalue weighted by atomic mass is 79.9. The van der Waals surface area contributed by atoms with Gasteiger partial charge in [0.15, 0.2) is 11.5 Å². The van der Waals surface area contributed by atoms with Crippen LogP contribution in [0.4, 0.5) is 5.82 Å². The summed E-state index contributed by atoms with van der Waals surface area (Å²) in [5, 5.41) is 3.94. The van der Waals surface area contributed by atoms with E-state index in [4.69, 9.17) is 10.3 Å². The average Bonchev–Trinajstić information content (AvgIpc) is 2.92. The van der Waals surface area contributed by atoms with Crippen LogP contribution in [-0.4, -0.2) is 20.1 Å². The first-order valence-corrected chi connectivity index (χ1v) is 6.61. The van der Waals surface area contributed by atoms with Crippen molar-refractivity contribution in [3.63, 3.8) is 0 Å². The Hall–Kier alpha value is -2.28. The molecule has 3 aromatic rings. The lowest BCUT2D eigenvalue weighted by molar-refractivity contribution is 0.431. The Morgan fingerprint density at radius 2 is 2.00 bits per heavy atom. The average molecular weight is 332 g/mol. The molecular weight excluding hydrogens is 322 g/mol. The summed E-state index contributed by atoms with van der Waals surface area (Å²) in [7, 11) is 0. The van der Waals surface area contributed by atoms with Crippen molar-refractivity contribution in [3.8, 4) is 23.0 Å². The van der Waals surface area contributed by atoms with Gasteiger partial charge < -0.3 is 10.3 Å². The fourth-order valence-electron chi connectivity index (χ4n) is 1.68. The third kappa shape index (κ3) is 2.27. The quantitative estimate of drug-likeness (QED) is 0.776. The Morgan fingerprint density at radius 1 is 1.20 bits per heavy atom. The molecule has 2 N–H and O–H groups in total. The molecule has 20 heavy (non-hydrogen) atoms. The number of halogens is 1. The van der Waals surface area contributed by atoms with Crippen molar-refractivity contribution < 1.29 is 4.52 Å². The Morgan fingerprint density at radius 3 is 2.75 bits per heavy atom. The maximum atomic E-state index is 5.74. The number of anilines is 1. The van der Waals surface area contributed by atoms with Crippen molar-refractivity contribution in [2.75, 3.05) is 5.73 Å². The predicted octanol–water partition coefficient (Wildman–Crippen LogP) is 2.85. The van der Waals surface area contributed by atoms with Gasteiger partial charge >= 0.3 is 0 Å². The molecule has 0 aliphatic heterocycles. The number of nitrogens with zero attached hydrogens (tertiary/aromatic N) is 4. The highest BCUT2D eigenvalue weighted by molar-refractivity contribution is 9.10. The Bertz CT molecular complexity index is 771. The van der Waals surface area contributed by atoms with Crippen LogP contribution in [-0.2, 0) is 0 Å². The van der Waals surface area contributed by atoms with Crippen LogP contribution in [0.2, 0.25) is 0 Å². The second kappa shape index (κ2) is 5.01. The maximum Gasteiger partial charge on any atom is 0.280 e. The first-order chi connectivity index (χ1) is 9.65. The van der Waals surface area contributed by atoms with E-state index in [0.717, 1.165) is 15.6 Å². The summed E-state index contributed by atoms with van der Waals surface area (Å²) in [6, 6.07) is 5.84. The molecule has 100 valence electrons. The van der Waals surface area contributed by atoms with Crippen LogP contribution in [0.25, 0.3) is 23.0 Å². The summed E-state index contributed by atoms with van der Waals surface area (Å²) in [5.74, 6) is 0.987. The number of aromatic nitrogens is 4. The van der Waals surface area contributed by atoms with Gasteiger partial charge in [-0.15, -0.1) is 0 Å². The normalized spacial score (nSPS) is 10.7. The number of nitrogen functional groups attached to an aromatic ring is 1. The van der Waals surface area contributed by atoms with Crippen molar-refractivity contribution >= 4 is 21.7 Å². The fraction of sp³-hybridized carbons (Fsp3) is 0.0769. The molecule has 0 radical (unpaired) electrons. The van der Waals surface area contributed by atoms with Gasteiger partial charge in [0, 0.05) is 22.4 Å². The molecule has 0 saturated carbocycles. The molecule has 2 heterocycles. The van der Waals surface area contributed by atoms with Crippen molar-refractivity contribution in [3.05, 3.63) is 40.6 Å². The molecule has 1 aromatic carbocycles. The summed E-state index contributed by atoms with van der Waals surface area (Å²) < 4.78 is 6.18. The second-order valence-corrected chi connectivity index (χ2v) is 5.03. The van der Waals surface area contributed by atoms with Crippen LogP contribution in [0.3, 0.4) is 0 Å². The topological polar surface area (TPSA) is 90.7 Å². The van der Waals surface area contributed by atoms with E-state index in [1.54, 1.807) is 0 Å². The first-order valence-electron chi connectivity index (χ1n) is 5.82. The number of hydrogen-bond donors (Lipinski definition) is 1. The predicted molar refractivity (Wildman–Crippen MR) is 77.6 cm³/mol. The monoisotopic (exact) mass is 331 g/mol. The number of benzene rings is 1. The highest BCUT2D eigenvalue weighted by Crippen LogP contribution is 2.26. The van der Waals surface area contributed by atoms with Crippen LogP contribution in [0.15, 0.2) is 39.6 Å². The van der Waals surface area contributed by atoms with Gasteiger partial charge in [0.05, 0.1) is 0 Å². The third-order valence-electron chi connectivity index (χ3n) is 2.79. The summed E-state index contributed by atoms with van der Waals surface area (Å²) in [4.78, 5) is 12.3. The molecule has 0 unspecified atom stereocenters. The van der Waals surface area contributed by atoms with Crippen LogP contribution in [0.1, 0.15) is 5.56 Å². The van der Waals surface area contributed by atoms with Gasteiger partial charge in [-0.3, -0.25) is 0 Å². The molecular formula is C13H10BrN5O. The molecule has 6 nitrogen and oxygen atoms in total. The van der Waals surface area contributed by atoms with E-state index in [9.17, 15) is 0 Å². The van der Waals surface area contributed by atoms with Gasteiger partial charge in [0.1, 0.15) is 0 Å². The molecule has 7 heteroatoms. The minimum atomic E-state index is 0.252. The van der Waals surface area contributed by atoms with Gasteiger partial charge in [0.2, 0.25) is 5.82 Å². The van der Waals surface area contributed by atoms with E-state index < -0.39 is 0 Å². The molecule has 2 aromatic heterocycles. The standard InChI is InChI=1S/C13H10BrN5O/c1-7-2-3-8(6-9(7)14)12-18-13(20-19-12)10-11(15)17-5-4-16-10/h2-6H,1H3,(H2,15,17). The SMILES string of the molecule is Cc1ccc(-c2noc(-c3nccnc3N)n2)cc1Br. The van der Waals surface area contributed by atoms with Crippen molar-refractivity contribution in [1.29, 1.82) is 0 Å². The lowest BCUT2D eigenvalue weighted by Crippen LogP contribution is -1.96. The smallest absolute Gasteiger partial charge is 0.280 e. The van der Waals surface area contributed by atoms with Crippen LogP contribution in [0, 0.1) is 6.92 Å². The van der Waals surface area contributed by atoms with E-state index in [1.165, 1.54) is 12.4 Å². The minimum Gasteiger partial charge on any atom is -0.382 e. The molecule has 0 bridgehead atoms. The molecule has 0 aliphatic carbocycles. The molecule has 0 saturated heterocycles. The molecule has 0 spiro atoms. The first kappa shape index (κ1) is 12.7. The zero-order chi connectivity index (χ0) is 14.1. The van der Waals surface area contributed by atoms with Crippen molar-refractivity contribution in [2.24, 2.45) is 0 Å². The number of aryl methyl sites for hydroxylation is 1. The van der Waals surface area contributed by atoms with Crippen LogP contribution in [0.5, 0.6) is 0 Å². The highest BCUT2D eigenvalue weighted by Gasteiger charge is 2.15. The Labute approximate surface area is 123 Å². The lowest BCUT2D eigenvalue weighted by Gasteiger charge is -1.99. The van der Waals surface area contributed by atoms with Gasteiger partial charge in [-0.05, 0) is 18.6 Å². The van der Waals surface area contributed by atoms with Crippen molar-refractivity contribution in [1.82, 2.24) is 20.1 Å². The van der Waals surface area contributed by atoms with Gasteiger partial charge in [-0.25, -0.2) is 9.97 Å². The van der Waals surface area contributed by atoms with Gasteiger partial charge in [-0.1, -0.05) is 33.2 Å². The third-order valence-corrected chi connectivity index (χ3v) is 3.64. The van der Waals surface area contributed by atoms with Gasteiger partial charge in [0.25, 0.3) is 5.89 Å². The second-order valence-electron chi connectivity index (χ2n) is 4.18. The molecule has 0 fully saturated rings. The van der Waals surface area contributed by atoms with Crippen LogP contribution < -0.4 is 5.73 Å². The van der Waals surface area contributed by atoms with E-state index in [-0.39, 0.29) is 11.7 Å². The summed E-state index contributed by atoms with van der Waals surface area (Å²) in [6.45, 7) is 2.01. The Kier molecular flexibility index (Phi) is 3.19. The summed E-state index contributed by atoms with van der Waals surface area (Å²) >= 11 is 3.48. The van der Waals surface area contributed by atoms with Crippen molar-refractivity contribution in [2.45, 2.75) is 6.92 Å². The van der Waals surface area contributed by atoms with E-state index in [0.29, 0.717) is 11.5 Å². The summed E-state index contributed by atoms with van der Waals surface area (Å²) in [6.07, 6.45) is 3.03. The molecule has 3 rings (SSSR count). The zero-order valence-electron chi connectivity index (χ0n) is 10.5. The maximum absolute atomic E-state index is 5.74. The number of hydrogen-bond acceptors (Lipinski definition) is 6. The van der Waals surface area contributed by atoms with E-state index >= 15 is 0 Å².